The Bertz CT molecular complexity index is 158. The molecule has 1 aromatic rings. The molecule has 49 valence electrons. The van der Waals surface area contributed by atoms with Gasteiger partial charge in [-0.3, -0.25) is 4.68 Å². The molecule has 1 radical (unpaired) electrons. The first-order valence-corrected chi connectivity index (χ1v) is 4.07. The smallest absolute Gasteiger partial charge is 0.0863 e. The summed E-state index contributed by atoms with van der Waals surface area (Å²) < 4.78 is 2.44. The van der Waals surface area contributed by atoms with Crippen LogP contribution in [-0.2, 0) is 6.54 Å². The van der Waals surface area contributed by atoms with Gasteiger partial charge in [-0.1, -0.05) is 29.5 Å². The lowest BCUT2D eigenvalue weighted by molar-refractivity contribution is 0.619. The van der Waals surface area contributed by atoms with Crippen LogP contribution in [0.2, 0.25) is 0 Å². The zero-order valence-electron chi connectivity index (χ0n) is 5.21. The summed E-state index contributed by atoms with van der Waals surface area (Å²) in [5.74, 6) is 0. The van der Waals surface area contributed by atoms with Gasteiger partial charge in [0.1, 0.15) is 0 Å². The molecule has 1 aromatic heterocycles. The predicted molar refractivity (Wildman–Crippen MR) is 44.5 cm³/mol. The van der Waals surface area contributed by atoms with E-state index < -0.39 is 0 Å². The SMILES string of the molecule is CC(I)Cn1[c]ccn1. The lowest BCUT2D eigenvalue weighted by Gasteiger charge is -2.00. The quantitative estimate of drug-likeness (QED) is 0.561. The third-order valence-corrected chi connectivity index (χ3v) is 1.32. The number of hydrogen-bond donors (Lipinski definition) is 0. The molecule has 1 unspecified atom stereocenters. The standard InChI is InChI=1S/C6H8IN2/c1-6(7)5-9-4-2-3-8-9/h2-3,6H,5H2,1H3. The maximum absolute atomic E-state index is 4.01. The van der Waals surface area contributed by atoms with Gasteiger partial charge in [-0.15, -0.1) is 0 Å². The highest BCUT2D eigenvalue weighted by Gasteiger charge is 1.95. The van der Waals surface area contributed by atoms with Crippen LogP contribution in [0.1, 0.15) is 6.92 Å². The summed E-state index contributed by atoms with van der Waals surface area (Å²) in [6.07, 6.45) is 4.72. The molecule has 9 heavy (non-hydrogen) atoms. The molecule has 0 spiro atoms. The predicted octanol–water partition coefficient (Wildman–Crippen LogP) is 1.51. The Morgan fingerprint density at radius 3 is 3.11 bits per heavy atom. The van der Waals surface area contributed by atoms with Crippen molar-refractivity contribution in [3.05, 3.63) is 18.5 Å². The first kappa shape index (κ1) is 7.05. The van der Waals surface area contributed by atoms with Crippen molar-refractivity contribution in [1.29, 1.82) is 0 Å². The Kier molecular flexibility index (Phi) is 2.50. The Hall–Kier alpha value is -0.0600. The molecule has 0 N–H and O–H groups in total. The highest BCUT2D eigenvalue weighted by Crippen LogP contribution is 2.00. The van der Waals surface area contributed by atoms with Crippen molar-refractivity contribution in [3.63, 3.8) is 0 Å². The molecule has 0 aliphatic carbocycles. The van der Waals surface area contributed by atoms with Crippen LogP contribution in [0.5, 0.6) is 0 Å². The minimum Gasteiger partial charge on any atom is -0.262 e. The normalized spacial score (nSPS) is 13.6. The fourth-order valence-electron chi connectivity index (χ4n) is 0.605. The highest BCUT2D eigenvalue weighted by molar-refractivity contribution is 14.1. The molecule has 3 heteroatoms. The molecule has 0 saturated heterocycles. The summed E-state index contributed by atoms with van der Waals surface area (Å²) in [5, 5.41) is 4.01. The van der Waals surface area contributed by atoms with E-state index in [0.717, 1.165) is 6.54 Å². The summed E-state index contributed by atoms with van der Waals surface area (Å²) in [5.41, 5.74) is 0. The number of aromatic nitrogens is 2. The monoisotopic (exact) mass is 235 g/mol. The van der Waals surface area contributed by atoms with Gasteiger partial charge in [0.05, 0.1) is 12.7 Å². The average Bonchev–Trinajstić information content (AvgIpc) is 2.15. The van der Waals surface area contributed by atoms with Crippen molar-refractivity contribution < 1.29 is 0 Å². The van der Waals surface area contributed by atoms with E-state index in [1.54, 1.807) is 6.20 Å². The highest BCUT2D eigenvalue weighted by atomic mass is 127. The molecular formula is C6H8IN2. The average molecular weight is 235 g/mol. The number of halogens is 1. The van der Waals surface area contributed by atoms with Crippen molar-refractivity contribution in [2.24, 2.45) is 0 Å². The molecule has 0 aliphatic heterocycles. The maximum atomic E-state index is 4.01. The molecule has 1 rings (SSSR count). The Balaban J connectivity index is 2.48. The molecule has 2 nitrogen and oxygen atoms in total. The van der Waals surface area contributed by atoms with E-state index >= 15 is 0 Å². The zero-order chi connectivity index (χ0) is 6.69. The number of rotatable bonds is 2. The first-order valence-electron chi connectivity index (χ1n) is 2.82. The molecule has 0 saturated carbocycles. The third-order valence-electron chi connectivity index (χ3n) is 0.929. The molecule has 0 fully saturated rings. The van der Waals surface area contributed by atoms with Crippen LogP contribution >= 0.6 is 22.6 Å². The summed E-state index contributed by atoms with van der Waals surface area (Å²) >= 11 is 2.36. The van der Waals surface area contributed by atoms with Gasteiger partial charge in [-0.2, -0.15) is 5.10 Å². The fraction of sp³-hybridized carbons (Fsp3) is 0.500. The Morgan fingerprint density at radius 2 is 2.67 bits per heavy atom. The van der Waals surface area contributed by atoms with Crippen molar-refractivity contribution in [2.45, 2.75) is 17.4 Å². The third kappa shape index (κ3) is 2.34. The van der Waals surface area contributed by atoms with Gasteiger partial charge in [0.25, 0.3) is 0 Å². The van der Waals surface area contributed by atoms with Gasteiger partial charge < -0.3 is 0 Å². The molecule has 0 bridgehead atoms. The zero-order valence-corrected chi connectivity index (χ0v) is 7.37. The van der Waals surface area contributed by atoms with Crippen molar-refractivity contribution >= 4 is 22.6 Å². The van der Waals surface area contributed by atoms with Crippen LogP contribution in [0.4, 0.5) is 0 Å². The van der Waals surface area contributed by atoms with Gasteiger partial charge in [0, 0.05) is 10.1 Å². The van der Waals surface area contributed by atoms with Crippen molar-refractivity contribution in [1.82, 2.24) is 9.78 Å². The van der Waals surface area contributed by atoms with E-state index in [-0.39, 0.29) is 0 Å². The Labute approximate surface area is 68.4 Å². The van der Waals surface area contributed by atoms with Gasteiger partial charge in [0.15, 0.2) is 0 Å². The van der Waals surface area contributed by atoms with E-state index in [2.05, 4.69) is 40.8 Å². The van der Waals surface area contributed by atoms with Crippen LogP contribution < -0.4 is 0 Å². The first-order chi connectivity index (χ1) is 4.29. The van der Waals surface area contributed by atoms with Crippen LogP contribution in [0.25, 0.3) is 0 Å². The van der Waals surface area contributed by atoms with E-state index in [4.69, 9.17) is 0 Å². The number of hydrogen-bond acceptors (Lipinski definition) is 1. The number of alkyl halides is 1. The topological polar surface area (TPSA) is 17.8 Å². The van der Waals surface area contributed by atoms with Crippen LogP contribution in [0.3, 0.4) is 0 Å². The van der Waals surface area contributed by atoms with Crippen LogP contribution in [0, 0.1) is 6.20 Å². The molecule has 1 heterocycles. The molecule has 0 aliphatic rings. The van der Waals surface area contributed by atoms with E-state index in [1.165, 1.54) is 0 Å². The van der Waals surface area contributed by atoms with Gasteiger partial charge in [0.2, 0.25) is 0 Å². The minimum absolute atomic E-state index is 0.624. The molecule has 1 atom stereocenters. The molecular weight excluding hydrogens is 227 g/mol. The second kappa shape index (κ2) is 3.20. The summed E-state index contributed by atoms with van der Waals surface area (Å²) in [6, 6.07) is 1.82. The van der Waals surface area contributed by atoms with Crippen molar-refractivity contribution in [3.8, 4) is 0 Å². The summed E-state index contributed by atoms with van der Waals surface area (Å²) in [7, 11) is 0. The second-order valence-corrected chi connectivity index (χ2v) is 4.05. The van der Waals surface area contributed by atoms with E-state index in [9.17, 15) is 0 Å². The minimum atomic E-state index is 0.624. The molecule has 0 amide bonds. The fourth-order valence-corrected chi connectivity index (χ4v) is 0.978. The summed E-state index contributed by atoms with van der Waals surface area (Å²) in [6.45, 7) is 3.10. The number of nitrogens with zero attached hydrogens (tertiary/aromatic N) is 2. The van der Waals surface area contributed by atoms with E-state index in [1.807, 2.05) is 10.7 Å². The van der Waals surface area contributed by atoms with Crippen LogP contribution in [0.15, 0.2) is 12.3 Å². The van der Waals surface area contributed by atoms with Gasteiger partial charge in [-0.05, 0) is 6.07 Å². The molecule has 0 aromatic carbocycles. The lowest BCUT2D eigenvalue weighted by Crippen LogP contribution is -2.06. The van der Waals surface area contributed by atoms with Gasteiger partial charge >= 0.3 is 0 Å². The lowest BCUT2D eigenvalue weighted by atomic mass is 10.5. The van der Waals surface area contributed by atoms with Gasteiger partial charge in [-0.25, -0.2) is 0 Å². The second-order valence-electron chi connectivity index (χ2n) is 1.92. The summed E-state index contributed by atoms with van der Waals surface area (Å²) in [4.78, 5) is 0. The van der Waals surface area contributed by atoms with Crippen LogP contribution in [-0.4, -0.2) is 13.7 Å². The maximum Gasteiger partial charge on any atom is 0.0863 e. The Morgan fingerprint density at radius 1 is 1.89 bits per heavy atom. The van der Waals surface area contributed by atoms with E-state index in [0.29, 0.717) is 3.92 Å². The van der Waals surface area contributed by atoms with Crippen molar-refractivity contribution in [2.75, 3.05) is 0 Å². The largest absolute Gasteiger partial charge is 0.262 e.